The maximum Gasteiger partial charge on any atom is 0.232 e. The van der Waals surface area contributed by atoms with Crippen molar-refractivity contribution in [3.8, 4) is 5.75 Å². The summed E-state index contributed by atoms with van der Waals surface area (Å²) in [5, 5.41) is 0. The van der Waals surface area contributed by atoms with Crippen molar-refractivity contribution in [3.05, 3.63) is 23.8 Å². The van der Waals surface area contributed by atoms with Gasteiger partial charge in [-0.1, -0.05) is 19.4 Å². The van der Waals surface area contributed by atoms with E-state index in [2.05, 4.69) is 6.92 Å². The molecule has 1 saturated heterocycles. The van der Waals surface area contributed by atoms with E-state index in [0.29, 0.717) is 23.0 Å². The molecule has 0 N–H and O–H groups in total. The van der Waals surface area contributed by atoms with Crippen LogP contribution in [-0.2, 0) is 4.79 Å². The van der Waals surface area contributed by atoms with E-state index in [1.165, 1.54) is 25.1 Å². The fourth-order valence-corrected chi connectivity index (χ4v) is 3.77. The first kappa shape index (κ1) is 17.9. The Morgan fingerprint density at radius 1 is 1.39 bits per heavy atom. The second-order valence-electron chi connectivity index (χ2n) is 5.97. The van der Waals surface area contributed by atoms with E-state index >= 15 is 0 Å². The lowest BCUT2D eigenvalue weighted by molar-refractivity contribution is -0.130. The molecule has 1 aromatic carbocycles. The Hall–Kier alpha value is -1.49. The van der Waals surface area contributed by atoms with Crippen molar-refractivity contribution in [3.63, 3.8) is 0 Å². The van der Waals surface area contributed by atoms with Crippen LogP contribution in [-0.4, -0.2) is 42.5 Å². The molecule has 0 aliphatic carbocycles. The van der Waals surface area contributed by atoms with E-state index < -0.39 is 0 Å². The van der Waals surface area contributed by atoms with Crippen LogP contribution in [0.4, 0.5) is 0 Å². The molecule has 1 amide bonds. The van der Waals surface area contributed by atoms with Crippen LogP contribution in [0.1, 0.15) is 43.5 Å². The highest BCUT2D eigenvalue weighted by molar-refractivity contribution is 8.00. The Morgan fingerprint density at radius 3 is 2.83 bits per heavy atom. The van der Waals surface area contributed by atoms with Crippen LogP contribution in [0.15, 0.2) is 23.1 Å². The lowest BCUT2D eigenvalue weighted by Crippen LogP contribution is -2.40. The van der Waals surface area contributed by atoms with Crippen molar-refractivity contribution < 1.29 is 14.3 Å². The average Bonchev–Trinajstić information content (AvgIpc) is 2.59. The maximum atomic E-state index is 12.4. The zero-order valence-electron chi connectivity index (χ0n) is 14.1. The van der Waals surface area contributed by atoms with E-state index in [-0.39, 0.29) is 11.7 Å². The first-order chi connectivity index (χ1) is 11.0. The number of carbonyl (C=O) groups is 2. The Labute approximate surface area is 142 Å². The quantitative estimate of drug-likeness (QED) is 0.588. The van der Waals surface area contributed by atoms with Crippen molar-refractivity contribution in [2.75, 3.05) is 26.0 Å². The fraction of sp³-hybridized carbons (Fsp3) is 0.556. The Kier molecular flexibility index (Phi) is 6.51. The molecule has 1 aliphatic heterocycles. The molecule has 1 atom stereocenters. The molecule has 0 radical (unpaired) electrons. The van der Waals surface area contributed by atoms with Gasteiger partial charge in [-0.25, -0.2) is 0 Å². The Balaban J connectivity index is 1.97. The molecule has 23 heavy (non-hydrogen) atoms. The number of amides is 1. The molecule has 1 aromatic rings. The molecular formula is C18H25NO3S. The molecule has 1 aliphatic rings. The lowest BCUT2D eigenvalue weighted by Gasteiger charge is -2.32. The van der Waals surface area contributed by atoms with Gasteiger partial charge in [-0.05, 0) is 37.8 Å². The third-order valence-corrected chi connectivity index (χ3v) is 5.41. The maximum absolute atomic E-state index is 12.4. The number of ketones is 1. The molecule has 4 nitrogen and oxygen atoms in total. The summed E-state index contributed by atoms with van der Waals surface area (Å²) in [5.74, 6) is 1.90. The normalized spacial score (nSPS) is 17.9. The number of carbonyl (C=O) groups excluding carboxylic acids is 2. The topological polar surface area (TPSA) is 46.6 Å². The summed E-state index contributed by atoms with van der Waals surface area (Å²) in [4.78, 5) is 26.7. The molecule has 1 fully saturated rings. The predicted octanol–water partition coefficient (Wildman–Crippen LogP) is 3.64. The van der Waals surface area contributed by atoms with Crippen molar-refractivity contribution >= 4 is 23.5 Å². The number of rotatable bonds is 6. The molecule has 5 heteroatoms. The molecule has 0 bridgehead atoms. The summed E-state index contributed by atoms with van der Waals surface area (Å²) in [7, 11) is 1.58. The SMILES string of the molecule is CC[C@@H]1CCCN(C(=O)CSc2ccc(C(C)=O)cc2OC)C1. The van der Waals surface area contributed by atoms with Gasteiger partial charge in [0.1, 0.15) is 5.75 Å². The van der Waals surface area contributed by atoms with Crippen LogP contribution in [0.3, 0.4) is 0 Å². The number of nitrogens with zero attached hydrogens (tertiary/aromatic N) is 1. The fourth-order valence-electron chi connectivity index (χ4n) is 2.86. The smallest absolute Gasteiger partial charge is 0.232 e. The minimum Gasteiger partial charge on any atom is -0.496 e. The minimum atomic E-state index is 0.00912. The van der Waals surface area contributed by atoms with Gasteiger partial charge in [0, 0.05) is 23.5 Å². The molecular weight excluding hydrogens is 310 g/mol. The van der Waals surface area contributed by atoms with Gasteiger partial charge in [-0.3, -0.25) is 9.59 Å². The third kappa shape index (κ3) is 4.74. The molecule has 0 aromatic heterocycles. The number of ether oxygens (including phenoxy) is 1. The highest BCUT2D eigenvalue weighted by atomic mass is 32.2. The van der Waals surface area contributed by atoms with Gasteiger partial charge in [0.25, 0.3) is 0 Å². The van der Waals surface area contributed by atoms with Gasteiger partial charge in [-0.2, -0.15) is 0 Å². The van der Waals surface area contributed by atoms with E-state index in [1.54, 1.807) is 19.2 Å². The standard InChI is InChI=1S/C18H25NO3S/c1-4-14-6-5-9-19(11-14)18(21)12-23-17-8-7-15(13(2)20)10-16(17)22-3/h7-8,10,14H,4-6,9,11-12H2,1-3H3/t14-/m1/s1. The summed E-state index contributed by atoms with van der Waals surface area (Å²) in [6, 6.07) is 5.38. The molecule has 0 spiro atoms. The summed E-state index contributed by atoms with van der Waals surface area (Å²) < 4.78 is 5.35. The Bertz CT molecular complexity index is 573. The van der Waals surface area contributed by atoms with E-state index in [0.717, 1.165) is 30.8 Å². The summed E-state index contributed by atoms with van der Waals surface area (Å²) in [6.07, 6.45) is 3.47. The molecule has 126 valence electrons. The molecule has 1 heterocycles. The number of hydrogen-bond acceptors (Lipinski definition) is 4. The Morgan fingerprint density at radius 2 is 2.17 bits per heavy atom. The number of methoxy groups -OCH3 is 1. The van der Waals surface area contributed by atoms with Gasteiger partial charge in [0.2, 0.25) is 5.91 Å². The van der Waals surface area contributed by atoms with E-state index in [1.807, 2.05) is 11.0 Å². The zero-order valence-corrected chi connectivity index (χ0v) is 14.9. The number of benzene rings is 1. The van der Waals surface area contributed by atoms with Crippen molar-refractivity contribution in [1.82, 2.24) is 4.90 Å². The van der Waals surface area contributed by atoms with E-state index in [4.69, 9.17) is 4.74 Å². The van der Waals surface area contributed by atoms with Crippen LogP contribution in [0, 0.1) is 5.92 Å². The first-order valence-electron chi connectivity index (χ1n) is 8.14. The van der Waals surface area contributed by atoms with Crippen LogP contribution in [0.5, 0.6) is 5.75 Å². The second kappa shape index (κ2) is 8.39. The second-order valence-corrected chi connectivity index (χ2v) is 6.98. The first-order valence-corrected chi connectivity index (χ1v) is 9.13. The van der Waals surface area contributed by atoms with Crippen LogP contribution >= 0.6 is 11.8 Å². The lowest BCUT2D eigenvalue weighted by atomic mass is 9.96. The van der Waals surface area contributed by atoms with Crippen molar-refractivity contribution in [1.29, 1.82) is 0 Å². The predicted molar refractivity (Wildman–Crippen MR) is 93.3 cm³/mol. The molecule has 0 saturated carbocycles. The van der Waals surface area contributed by atoms with Crippen LogP contribution < -0.4 is 4.74 Å². The number of likely N-dealkylation sites (tertiary alicyclic amines) is 1. The highest BCUT2D eigenvalue weighted by Gasteiger charge is 2.22. The van der Waals surface area contributed by atoms with Crippen molar-refractivity contribution in [2.45, 2.75) is 38.0 Å². The number of Topliss-reactive ketones (excluding diaryl/α,β-unsaturated/α-hetero) is 1. The molecule has 0 unspecified atom stereocenters. The monoisotopic (exact) mass is 335 g/mol. The van der Waals surface area contributed by atoms with Crippen LogP contribution in [0.2, 0.25) is 0 Å². The summed E-state index contributed by atoms with van der Waals surface area (Å²) >= 11 is 1.48. The van der Waals surface area contributed by atoms with Gasteiger partial charge >= 0.3 is 0 Å². The van der Waals surface area contributed by atoms with Gasteiger partial charge in [0.15, 0.2) is 5.78 Å². The van der Waals surface area contributed by atoms with E-state index in [9.17, 15) is 9.59 Å². The highest BCUT2D eigenvalue weighted by Crippen LogP contribution is 2.31. The summed E-state index contributed by atoms with van der Waals surface area (Å²) in [5.41, 5.74) is 0.624. The molecule has 2 rings (SSSR count). The van der Waals surface area contributed by atoms with Gasteiger partial charge < -0.3 is 9.64 Å². The largest absolute Gasteiger partial charge is 0.496 e. The van der Waals surface area contributed by atoms with Crippen LogP contribution in [0.25, 0.3) is 0 Å². The number of piperidine rings is 1. The minimum absolute atomic E-state index is 0.00912. The number of hydrogen-bond donors (Lipinski definition) is 0. The average molecular weight is 335 g/mol. The van der Waals surface area contributed by atoms with Gasteiger partial charge in [0.05, 0.1) is 12.9 Å². The zero-order chi connectivity index (χ0) is 16.8. The summed E-state index contributed by atoms with van der Waals surface area (Å²) in [6.45, 7) is 5.48. The third-order valence-electron chi connectivity index (χ3n) is 4.37. The van der Waals surface area contributed by atoms with Crippen molar-refractivity contribution in [2.24, 2.45) is 5.92 Å². The number of thioether (sulfide) groups is 1. The van der Waals surface area contributed by atoms with Gasteiger partial charge in [-0.15, -0.1) is 11.8 Å².